The van der Waals surface area contributed by atoms with Crippen LogP contribution >= 0.6 is 11.8 Å². The smallest absolute Gasteiger partial charge is 0.0621 e. The standard InChI is InChI=1S/C55H87NOS/c1-2-16-35(17-3-1)56(48-29-14-28-47-51(48)42-21-6-10-27-46(42)55(47)44-25-8-4-19-38(44)39-20-5-9-26-45(39)55)36-18-12-15-34(33-36)37-23-13-24-40-41-31-32-50-52(54(41)58-53(37)40)43-22-7-11-30-49(43)57-50/h34-54H,1-33H2. The molecule has 20 unspecified atom stereocenters. The summed E-state index contributed by atoms with van der Waals surface area (Å²) >= 11 is 2.64. The van der Waals surface area contributed by atoms with Crippen molar-refractivity contribution in [1.82, 2.24) is 4.90 Å². The highest BCUT2D eigenvalue weighted by Gasteiger charge is 2.73. The van der Waals surface area contributed by atoms with Crippen LogP contribution in [0.15, 0.2) is 0 Å². The Bertz CT molecular complexity index is 1430. The molecule has 0 aromatic carbocycles. The number of ether oxygens (including phenoxy) is 1. The zero-order valence-corrected chi connectivity index (χ0v) is 38.0. The summed E-state index contributed by atoms with van der Waals surface area (Å²) in [6.45, 7) is 0. The van der Waals surface area contributed by atoms with Gasteiger partial charge in [0.15, 0.2) is 0 Å². The Labute approximate surface area is 360 Å². The predicted molar refractivity (Wildman–Crippen MR) is 241 cm³/mol. The Morgan fingerprint density at radius 1 is 0.362 bits per heavy atom. The van der Waals surface area contributed by atoms with Crippen molar-refractivity contribution in [2.75, 3.05) is 0 Å². The summed E-state index contributed by atoms with van der Waals surface area (Å²) < 4.78 is 6.96. The van der Waals surface area contributed by atoms with Crippen molar-refractivity contribution in [2.45, 2.75) is 253 Å². The molecule has 3 heteroatoms. The van der Waals surface area contributed by atoms with Crippen molar-refractivity contribution in [1.29, 1.82) is 0 Å². The monoisotopic (exact) mass is 810 g/mol. The molecule has 13 fully saturated rings. The molecule has 2 saturated heterocycles. The van der Waals surface area contributed by atoms with E-state index in [4.69, 9.17) is 4.74 Å². The highest BCUT2D eigenvalue weighted by atomic mass is 32.2. The van der Waals surface area contributed by atoms with Crippen molar-refractivity contribution >= 4 is 11.8 Å². The van der Waals surface area contributed by atoms with Crippen LogP contribution < -0.4 is 0 Å². The van der Waals surface area contributed by atoms with Gasteiger partial charge in [0.05, 0.1) is 12.2 Å². The molecular formula is C55H87NOS. The maximum Gasteiger partial charge on any atom is 0.0621 e. The number of hydrogen-bond acceptors (Lipinski definition) is 3. The molecule has 0 aromatic heterocycles. The second kappa shape index (κ2) is 15.8. The molecule has 2 aliphatic heterocycles. The van der Waals surface area contributed by atoms with Gasteiger partial charge in [-0.05, 0) is 198 Å². The topological polar surface area (TPSA) is 12.5 Å². The number of thioether (sulfide) groups is 1. The third-order valence-electron chi connectivity index (χ3n) is 23.5. The first-order valence-electron chi connectivity index (χ1n) is 27.9. The molecule has 0 radical (unpaired) electrons. The van der Waals surface area contributed by atoms with E-state index in [0.717, 1.165) is 117 Å². The summed E-state index contributed by atoms with van der Waals surface area (Å²) in [7, 11) is 0. The van der Waals surface area contributed by atoms with Gasteiger partial charge in [-0.25, -0.2) is 0 Å². The van der Waals surface area contributed by atoms with Crippen LogP contribution in [0.2, 0.25) is 0 Å². The van der Waals surface area contributed by atoms with Gasteiger partial charge in [0, 0.05) is 34.5 Å². The highest BCUT2D eigenvalue weighted by Crippen LogP contribution is 2.78. The van der Waals surface area contributed by atoms with Crippen LogP contribution in [0, 0.1) is 88.3 Å². The molecular weight excluding hydrogens is 723 g/mol. The zero-order chi connectivity index (χ0) is 38.0. The van der Waals surface area contributed by atoms with Gasteiger partial charge in [-0.3, -0.25) is 4.90 Å². The molecule has 13 aliphatic rings. The second-order valence-corrected chi connectivity index (χ2v) is 26.3. The molecule has 13 rings (SSSR count). The third-order valence-corrected chi connectivity index (χ3v) is 25.5. The predicted octanol–water partition coefficient (Wildman–Crippen LogP) is 14.3. The fourth-order valence-electron chi connectivity index (χ4n) is 22.3. The fraction of sp³-hybridized carbons (Fsp3) is 1.00. The van der Waals surface area contributed by atoms with Gasteiger partial charge in [-0.2, -0.15) is 11.8 Å². The molecule has 0 bridgehead atoms. The van der Waals surface area contributed by atoms with Crippen molar-refractivity contribution in [2.24, 2.45) is 88.3 Å². The average molecular weight is 810 g/mol. The van der Waals surface area contributed by atoms with E-state index in [9.17, 15) is 0 Å². The van der Waals surface area contributed by atoms with Crippen LogP contribution in [0.25, 0.3) is 0 Å². The van der Waals surface area contributed by atoms with Crippen molar-refractivity contribution in [3.8, 4) is 0 Å². The van der Waals surface area contributed by atoms with E-state index < -0.39 is 0 Å². The van der Waals surface area contributed by atoms with E-state index in [0.29, 0.717) is 12.2 Å². The van der Waals surface area contributed by atoms with Gasteiger partial charge in [0.2, 0.25) is 0 Å². The van der Waals surface area contributed by atoms with E-state index in [1.165, 1.54) is 57.8 Å². The zero-order valence-electron chi connectivity index (χ0n) is 37.2. The maximum absolute atomic E-state index is 6.96. The molecule has 58 heavy (non-hydrogen) atoms. The van der Waals surface area contributed by atoms with Gasteiger partial charge in [-0.15, -0.1) is 0 Å². The molecule has 11 saturated carbocycles. The van der Waals surface area contributed by atoms with Crippen LogP contribution in [-0.4, -0.2) is 45.7 Å². The van der Waals surface area contributed by atoms with Crippen LogP contribution in [0.1, 0.15) is 212 Å². The lowest BCUT2D eigenvalue weighted by Crippen LogP contribution is -2.58. The molecule has 1 spiro atoms. The summed E-state index contributed by atoms with van der Waals surface area (Å²) in [6.07, 6.45) is 52.7. The molecule has 324 valence electrons. The lowest BCUT2D eigenvalue weighted by molar-refractivity contribution is -0.0667. The summed E-state index contributed by atoms with van der Waals surface area (Å²) in [5.74, 6) is 14.8. The fourth-order valence-corrected chi connectivity index (χ4v) is 24.9. The van der Waals surface area contributed by atoms with Gasteiger partial charge in [0.25, 0.3) is 0 Å². The quantitative estimate of drug-likeness (QED) is 0.281. The molecule has 2 heterocycles. The Balaban J connectivity index is 0.810. The number of nitrogens with zero attached hydrogens (tertiary/aromatic N) is 1. The van der Waals surface area contributed by atoms with E-state index in [1.807, 2.05) is 0 Å². The van der Waals surface area contributed by atoms with Gasteiger partial charge >= 0.3 is 0 Å². The summed E-state index contributed by atoms with van der Waals surface area (Å²) in [5.41, 5.74) is 0.756. The summed E-state index contributed by atoms with van der Waals surface area (Å²) in [6, 6.07) is 2.76. The minimum absolute atomic E-state index is 0.624. The number of rotatable bonds is 4. The molecule has 0 aromatic rings. The van der Waals surface area contributed by atoms with Gasteiger partial charge < -0.3 is 4.74 Å². The minimum atomic E-state index is 0.624. The normalized spacial score (nSPS) is 56.4. The van der Waals surface area contributed by atoms with Crippen molar-refractivity contribution < 1.29 is 4.74 Å². The number of hydrogen-bond donors (Lipinski definition) is 0. The first-order chi connectivity index (χ1) is 28.8. The first-order valence-corrected chi connectivity index (χ1v) is 28.8. The van der Waals surface area contributed by atoms with E-state index >= 15 is 0 Å². The number of fused-ring (bicyclic) bond motifs is 17. The lowest BCUT2D eigenvalue weighted by Gasteiger charge is -2.55. The summed E-state index contributed by atoms with van der Waals surface area (Å²) in [5, 5.41) is 1.93. The van der Waals surface area contributed by atoms with E-state index in [2.05, 4.69) is 16.7 Å². The van der Waals surface area contributed by atoms with Crippen LogP contribution in [0.3, 0.4) is 0 Å². The van der Waals surface area contributed by atoms with Crippen LogP contribution in [0.5, 0.6) is 0 Å². The minimum Gasteiger partial charge on any atom is -0.374 e. The van der Waals surface area contributed by atoms with E-state index in [-0.39, 0.29) is 0 Å². The molecule has 0 amide bonds. The molecule has 0 N–H and O–H groups in total. The van der Waals surface area contributed by atoms with Crippen LogP contribution in [-0.2, 0) is 4.74 Å². The second-order valence-electron chi connectivity index (χ2n) is 25.0. The summed E-state index contributed by atoms with van der Waals surface area (Å²) in [4.78, 5) is 3.56. The van der Waals surface area contributed by atoms with Gasteiger partial charge in [0.1, 0.15) is 0 Å². The Kier molecular flexibility index (Phi) is 10.5. The Hall–Kier alpha value is 0.270. The molecule has 11 aliphatic carbocycles. The first kappa shape index (κ1) is 38.7. The Morgan fingerprint density at radius 3 is 1.72 bits per heavy atom. The highest BCUT2D eigenvalue weighted by molar-refractivity contribution is 8.00. The lowest BCUT2D eigenvalue weighted by atomic mass is 9.53. The largest absolute Gasteiger partial charge is 0.374 e. The SMILES string of the molecule is C1CCC(N(C2CCCC(C3CCCC4C5CCC6OC7CCCCC7C6C5SC34)C2)C2CCCC3C2C2CCCCC2C32C3CCCCC3C3CCCCC32)CC1. The van der Waals surface area contributed by atoms with E-state index in [1.54, 1.807) is 154 Å². The van der Waals surface area contributed by atoms with Crippen molar-refractivity contribution in [3.05, 3.63) is 0 Å². The van der Waals surface area contributed by atoms with Crippen molar-refractivity contribution in [3.63, 3.8) is 0 Å². The van der Waals surface area contributed by atoms with Gasteiger partial charge in [-0.1, -0.05) is 96.3 Å². The third kappa shape index (κ3) is 5.86. The Morgan fingerprint density at radius 2 is 0.931 bits per heavy atom. The molecule has 2 nitrogen and oxygen atoms in total. The van der Waals surface area contributed by atoms with Crippen LogP contribution in [0.4, 0.5) is 0 Å². The molecule has 20 atom stereocenters. The maximum atomic E-state index is 6.96. The average Bonchev–Trinajstić information content (AvgIpc) is 4.02.